The molecule has 5 heteroatoms. The molecule has 2 aromatic carbocycles. The highest BCUT2D eigenvalue weighted by atomic mass is 35.5. The van der Waals surface area contributed by atoms with E-state index in [1.807, 2.05) is 6.92 Å². The molecule has 0 bridgehead atoms. The van der Waals surface area contributed by atoms with Crippen molar-refractivity contribution in [1.82, 2.24) is 4.90 Å². The number of hydrogen-bond donors (Lipinski definition) is 1. The molecule has 2 aromatic rings. The molecule has 28 heavy (non-hydrogen) atoms. The van der Waals surface area contributed by atoms with Gasteiger partial charge >= 0.3 is 0 Å². The predicted octanol–water partition coefficient (Wildman–Crippen LogP) is 4.99. The third-order valence-electron chi connectivity index (χ3n) is 5.37. The topological polar surface area (TPSA) is 40.5 Å². The highest BCUT2D eigenvalue weighted by Crippen LogP contribution is 2.33. The van der Waals surface area contributed by atoms with E-state index >= 15 is 0 Å². The van der Waals surface area contributed by atoms with E-state index in [-0.39, 0.29) is 59.2 Å². The Morgan fingerprint density at radius 2 is 1.96 bits per heavy atom. The normalized spacial score (nSPS) is 18.9. The molecule has 1 fully saturated rings. The molecule has 1 heterocycles. The maximum absolute atomic E-state index is 13.6. The van der Waals surface area contributed by atoms with Crippen molar-refractivity contribution < 1.29 is 19.8 Å². The zero-order valence-electron chi connectivity index (χ0n) is 19.9. The number of benzene rings is 2. The fraction of sp³-hybridized carbons (Fsp3) is 0.435. The lowest BCUT2D eigenvalue weighted by Crippen LogP contribution is -2.42. The van der Waals surface area contributed by atoms with Gasteiger partial charge in [0.1, 0.15) is 5.82 Å². The van der Waals surface area contributed by atoms with Gasteiger partial charge in [-0.25, -0.2) is 4.39 Å². The van der Waals surface area contributed by atoms with Crippen molar-refractivity contribution in [3.05, 3.63) is 69.9 Å². The van der Waals surface area contributed by atoms with Gasteiger partial charge in [-0.15, -0.1) is 0 Å². The lowest BCUT2D eigenvalue weighted by molar-refractivity contribution is -0.0260. The molecule has 1 N–H and O–H groups in total. The van der Waals surface area contributed by atoms with Gasteiger partial charge in [0.25, 0.3) is 0 Å². The SMILES string of the molecule is [2H]c1c([2H])c(C2(O)CCN(CCCC(=O)c3ccc(F)c(CC)c3)CC2)c([2H])c([2H])c1Cl. The van der Waals surface area contributed by atoms with Crippen LogP contribution >= 0.6 is 11.6 Å². The molecule has 0 aromatic heterocycles. The summed E-state index contributed by atoms with van der Waals surface area (Å²) in [7, 11) is 0. The van der Waals surface area contributed by atoms with E-state index in [2.05, 4.69) is 4.90 Å². The number of carbonyl (C=O) groups is 1. The van der Waals surface area contributed by atoms with Crippen molar-refractivity contribution in [3.8, 4) is 0 Å². The first-order valence-corrected chi connectivity index (χ1v) is 9.99. The Hall–Kier alpha value is -1.75. The Morgan fingerprint density at radius 3 is 2.61 bits per heavy atom. The van der Waals surface area contributed by atoms with Crippen molar-refractivity contribution in [2.24, 2.45) is 0 Å². The van der Waals surface area contributed by atoms with E-state index in [1.54, 1.807) is 6.07 Å². The zero-order valence-corrected chi connectivity index (χ0v) is 16.7. The van der Waals surface area contributed by atoms with Crippen LogP contribution in [-0.2, 0) is 12.0 Å². The molecule has 1 aliphatic heterocycles. The average Bonchev–Trinajstić information content (AvgIpc) is 2.78. The van der Waals surface area contributed by atoms with Crippen molar-refractivity contribution in [3.63, 3.8) is 0 Å². The van der Waals surface area contributed by atoms with Gasteiger partial charge in [-0.05, 0) is 73.6 Å². The minimum absolute atomic E-state index is 0.00485. The summed E-state index contributed by atoms with van der Waals surface area (Å²) < 4.78 is 45.8. The van der Waals surface area contributed by atoms with Gasteiger partial charge in [-0.2, -0.15) is 0 Å². The summed E-state index contributed by atoms with van der Waals surface area (Å²) in [5.74, 6) is -0.328. The van der Waals surface area contributed by atoms with Crippen LogP contribution in [0.2, 0.25) is 5.02 Å². The molecule has 1 saturated heterocycles. The van der Waals surface area contributed by atoms with Crippen LogP contribution in [0.1, 0.15) is 59.6 Å². The monoisotopic (exact) mass is 407 g/mol. The van der Waals surface area contributed by atoms with Gasteiger partial charge in [0, 0.05) is 30.1 Å². The quantitative estimate of drug-likeness (QED) is 0.657. The second-order valence-corrected chi connectivity index (χ2v) is 7.63. The average molecular weight is 408 g/mol. The molecule has 1 aliphatic rings. The summed E-state index contributed by atoms with van der Waals surface area (Å²) in [6.45, 7) is 3.50. The summed E-state index contributed by atoms with van der Waals surface area (Å²) in [5, 5.41) is 10.9. The first kappa shape index (κ1) is 16.1. The van der Waals surface area contributed by atoms with Gasteiger partial charge < -0.3 is 10.0 Å². The highest BCUT2D eigenvalue weighted by Gasteiger charge is 2.33. The maximum Gasteiger partial charge on any atom is 0.162 e. The molecule has 0 atom stereocenters. The number of aryl methyl sites for hydroxylation is 1. The fourth-order valence-corrected chi connectivity index (χ4v) is 3.65. The number of halogens is 2. The summed E-state index contributed by atoms with van der Waals surface area (Å²) in [6, 6.07) is 3.17. The Morgan fingerprint density at radius 1 is 1.29 bits per heavy atom. The van der Waals surface area contributed by atoms with Crippen LogP contribution in [-0.4, -0.2) is 35.4 Å². The number of ketones is 1. The van der Waals surface area contributed by atoms with Crippen LogP contribution in [0.3, 0.4) is 0 Å². The Balaban J connectivity index is 1.58. The second kappa shape index (κ2) is 9.17. The number of aliphatic hydroxyl groups is 1. The number of hydrogen-bond acceptors (Lipinski definition) is 3. The zero-order chi connectivity index (χ0) is 23.6. The van der Waals surface area contributed by atoms with Crippen LogP contribution < -0.4 is 0 Å². The highest BCUT2D eigenvalue weighted by molar-refractivity contribution is 6.30. The molecule has 0 saturated carbocycles. The molecule has 0 unspecified atom stereocenters. The number of Topliss-reactive ketones (excluding diaryl/α,β-unsaturated/α-hetero) is 1. The van der Waals surface area contributed by atoms with Crippen molar-refractivity contribution in [2.75, 3.05) is 19.6 Å². The Labute approximate surface area is 176 Å². The smallest absolute Gasteiger partial charge is 0.162 e. The number of piperidine rings is 1. The van der Waals surface area contributed by atoms with E-state index in [9.17, 15) is 14.3 Å². The third kappa shape index (κ3) is 4.99. The molecule has 0 aliphatic carbocycles. The van der Waals surface area contributed by atoms with E-state index in [0.717, 1.165) is 0 Å². The van der Waals surface area contributed by atoms with Crippen LogP contribution in [0.15, 0.2) is 42.4 Å². The van der Waals surface area contributed by atoms with Crippen molar-refractivity contribution >= 4 is 17.4 Å². The van der Waals surface area contributed by atoms with Gasteiger partial charge in [0.2, 0.25) is 0 Å². The number of nitrogens with zero attached hydrogens (tertiary/aromatic N) is 1. The first-order valence-electron chi connectivity index (χ1n) is 11.6. The van der Waals surface area contributed by atoms with Gasteiger partial charge in [0.15, 0.2) is 5.78 Å². The van der Waals surface area contributed by atoms with E-state index in [4.69, 9.17) is 17.1 Å². The molecule has 0 radical (unpaired) electrons. The number of rotatable bonds is 7. The first-order chi connectivity index (χ1) is 15.1. The molecule has 3 rings (SSSR count). The standard InChI is InChI=1S/C23H27ClFNO2/c1-2-17-16-18(5-10-21(17)25)22(27)4-3-13-26-14-11-23(28,12-15-26)19-6-8-20(24)9-7-19/h5-10,16,28H,2-4,11-15H2,1H3/i6D,7D,8D,9D. The van der Waals surface area contributed by atoms with E-state index in [0.29, 0.717) is 50.0 Å². The summed E-state index contributed by atoms with van der Waals surface area (Å²) in [4.78, 5) is 14.6. The minimum atomic E-state index is -1.46. The summed E-state index contributed by atoms with van der Waals surface area (Å²) in [5.41, 5.74) is -0.416. The largest absolute Gasteiger partial charge is 0.385 e. The molecular weight excluding hydrogens is 377 g/mol. The van der Waals surface area contributed by atoms with E-state index in [1.165, 1.54) is 12.1 Å². The third-order valence-corrected chi connectivity index (χ3v) is 5.56. The maximum atomic E-state index is 13.6. The Bertz CT molecular complexity index is 997. The summed E-state index contributed by atoms with van der Waals surface area (Å²) >= 11 is 5.87. The van der Waals surface area contributed by atoms with Gasteiger partial charge in [-0.1, -0.05) is 30.6 Å². The van der Waals surface area contributed by atoms with Crippen molar-refractivity contribution in [2.45, 2.75) is 44.6 Å². The molecule has 150 valence electrons. The number of likely N-dealkylation sites (tertiary alicyclic amines) is 1. The lowest BCUT2D eigenvalue weighted by Gasteiger charge is -2.38. The van der Waals surface area contributed by atoms with Gasteiger partial charge in [0.05, 0.1) is 11.1 Å². The minimum Gasteiger partial charge on any atom is -0.385 e. The predicted molar refractivity (Wildman–Crippen MR) is 110 cm³/mol. The molecule has 3 nitrogen and oxygen atoms in total. The van der Waals surface area contributed by atoms with E-state index < -0.39 is 5.60 Å². The van der Waals surface area contributed by atoms with Crippen LogP contribution in [0.25, 0.3) is 0 Å². The fourth-order valence-electron chi connectivity index (χ4n) is 3.55. The van der Waals surface area contributed by atoms with Gasteiger partial charge in [-0.3, -0.25) is 4.79 Å². The molecular formula is C23H27ClFNO2. The van der Waals surface area contributed by atoms with Crippen LogP contribution in [0, 0.1) is 5.82 Å². The Kier molecular flexibility index (Phi) is 5.27. The van der Waals surface area contributed by atoms with Crippen molar-refractivity contribution in [1.29, 1.82) is 0 Å². The summed E-state index contributed by atoms with van der Waals surface area (Å²) in [6.07, 6.45) is 2.01. The molecule has 0 amide bonds. The van der Waals surface area contributed by atoms with Crippen LogP contribution in [0.4, 0.5) is 4.39 Å². The lowest BCUT2D eigenvalue weighted by atomic mass is 9.84. The van der Waals surface area contributed by atoms with Crippen LogP contribution in [0.5, 0.6) is 0 Å². The number of carbonyl (C=O) groups excluding carboxylic acids is 1. The molecule has 0 spiro atoms. The second-order valence-electron chi connectivity index (χ2n) is 7.25.